The maximum Gasteiger partial charge on any atom is 0.317 e. The maximum absolute atomic E-state index is 12.0. The number of aliphatic carboxylic acids is 1. The van der Waals surface area contributed by atoms with Crippen LogP contribution >= 0.6 is 0 Å². The average molecular weight is 256 g/mol. The summed E-state index contributed by atoms with van der Waals surface area (Å²) in [5, 5.41) is 11.8. The Morgan fingerprint density at radius 1 is 1.33 bits per heavy atom. The van der Waals surface area contributed by atoms with E-state index in [0.29, 0.717) is 26.1 Å². The predicted molar refractivity (Wildman–Crippen MR) is 64.3 cm³/mol. The van der Waals surface area contributed by atoms with Crippen molar-refractivity contribution in [1.82, 2.24) is 10.2 Å². The van der Waals surface area contributed by atoms with Crippen LogP contribution in [0.3, 0.4) is 0 Å². The van der Waals surface area contributed by atoms with E-state index in [9.17, 15) is 9.59 Å². The summed E-state index contributed by atoms with van der Waals surface area (Å²) in [5.41, 5.74) is 0. The molecule has 3 atom stereocenters. The summed E-state index contributed by atoms with van der Waals surface area (Å²) >= 11 is 0. The highest BCUT2D eigenvalue weighted by atomic mass is 16.5. The maximum atomic E-state index is 12.0. The van der Waals surface area contributed by atoms with Gasteiger partial charge in [0.15, 0.2) is 0 Å². The number of amides is 2. The van der Waals surface area contributed by atoms with E-state index in [-0.39, 0.29) is 24.0 Å². The SMILES string of the molecule is CN(C(=O)NC1CCC(C(=O)O)C1)C1CCOC1. The molecule has 102 valence electrons. The first-order chi connectivity index (χ1) is 8.58. The van der Waals surface area contributed by atoms with Crippen LogP contribution in [0.25, 0.3) is 0 Å². The van der Waals surface area contributed by atoms with Gasteiger partial charge in [-0.2, -0.15) is 0 Å². The van der Waals surface area contributed by atoms with E-state index in [4.69, 9.17) is 9.84 Å². The number of carboxylic acid groups (broad SMARTS) is 1. The topological polar surface area (TPSA) is 78.9 Å². The monoisotopic (exact) mass is 256 g/mol. The molecule has 1 aliphatic heterocycles. The lowest BCUT2D eigenvalue weighted by molar-refractivity contribution is -0.141. The smallest absolute Gasteiger partial charge is 0.317 e. The molecule has 2 rings (SSSR count). The molecule has 1 saturated carbocycles. The van der Waals surface area contributed by atoms with Crippen molar-refractivity contribution in [2.75, 3.05) is 20.3 Å². The van der Waals surface area contributed by atoms with Crippen LogP contribution in [0, 0.1) is 5.92 Å². The summed E-state index contributed by atoms with van der Waals surface area (Å²) in [5.74, 6) is -1.07. The lowest BCUT2D eigenvalue weighted by atomic mass is 10.1. The Balaban J connectivity index is 1.79. The number of carboxylic acids is 1. The number of rotatable bonds is 3. The Bertz CT molecular complexity index is 328. The average Bonchev–Trinajstić information content (AvgIpc) is 2.98. The first kappa shape index (κ1) is 13.1. The Morgan fingerprint density at radius 2 is 2.11 bits per heavy atom. The van der Waals surface area contributed by atoms with E-state index in [2.05, 4.69) is 5.32 Å². The van der Waals surface area contributed by atoms with Gasteiger partial charge in [0.2, 0.25) is 0 Å². The lowest BCUT2D eigenvalue weighted by Crippen LogP contribution is -2.47. The quantitative estimate of drug-likeness (QED) is 0.778. The van der Waals surface area contributed by atoms with Crippen LogP contribution in [0.4, 0.5) is 4.79 Å². The molecule has 6 nitrogen and oxygen atoms in total. The standard InChI is InChI=1S/C12H20N2O4/c1-14(10-4-5-18-7-10)12(17)13-9-3-2-8(6-9)11(15)16/h8-10H,2-7H2,1H3,(H,13,17)(H,15,16). The molecule has 0 bridgehead atoms. The zero-order valence-corrected chi connectivity index (χ0v) is 10.6. The highest BCUT2D eigenvalue weighted by Gasteiger charge is 2.32. The molecular formula is C12H20N2O4. The van der Waals surface area contributed by atoms with Gasteiger partial charge in [-0.1, -0.05) is 0 Å². The first-order valence-electron chi connectivity index (χ1n) is 6.42. The van der Waals surface area contributed by atoms with Gasteiger partial charge in [0, 0.05) is 19.7 Å². The van der Waals surface area contributed by atoms with E-state index in [1.165, 1.54) is 0 Å². The van der Waals surface area contributed by atoms with E-state index in [1.54, 1.807) is 11.9 Å². The number of ether oxygens (including phenoxy) is 1. The van der Waals surface area contributed by atoms with Crippen molar-refractivity contribution < 1.29 is 19.4 Å². The number of urea groups is 1. The van der Waals surface area contributed by atoms with Gasteiger partial charge in [0.1, 0.15) is 0 Å². The van der Waals surface area contributed by atoms with Gasteiger partial charge in [0.05, 0.1) is 18.6 Å². The number of carbonyl (C=O) groups excluding carboxylic acids is 1. The summed E-state index contributed by atoms with van der Waals surface area (Å²) in [6, 6.07) is 0.00610. The van der Waals surface area contributed by atoms with Gasteiger partial charge in [-0.25, -0.2) is 4.79 Å². The van der Waals surface area contributed by atoms with Crippen LogP contribution in [-0.2, 0) is 9.53 Å². The Hall–Kier alpha value is -1.30. The van der Waals surface area contributed by atoms with E-state index in [1.807, 2.05) is 0 Å². The zero-order valence-electron chi connectivity index (χ0n) is 10.6. The minimum atomic E-state index is -0.760. The van der Waals surface area contributed by atoms with Crippen LogP contribution in [-0.4, -0.2) is 54.4 Å². The molecule has 2 N–H and O–H groups in total. The Labute approximate surface area is 106 Å². The number of likely N-dealkylation sites (N-methyl/N-ethyl adjacent to an activating group) is 1. The van der Waals surface area contributed by atoms with Crippen LogP contribution in [0.2, 0.25) is 0 Å². The summed E-state index contributed by atoms with van der Waals surface area (Å²) in [6.07, 6.45) is 2.80. The molecule has 1 aliphatic carbocycles. The number of hydrogen-bond acceptors (Lipinski definition) is 3. The zero-order chi connectivity index (χ0) is 13.1. The van der Waals surface area contributed by atoms with Crippen molar-refractivity contribution in [2.24, 2.45) is 5.92 Å². The second-order valence-electron chi connectivity index (χ2n) is 5.12. The molecule has 2 aliphatic rings. The third-order valence-corrected chi connectivity index (χ3v) is 3.88. The molecule has 0 aromatic rings. The number of carbonyl (C=O) groups is 2. The largest absolute Gasteiger partial charge is 0.481 e. The molecule has 1 saturated heterocycles. The summed E-state index contributed by atoms with van der Waals surface area (Å²) in [4.78, 5) is 24.5. The molecule has 0 spiro atoms. The third-order valence-electron chi connectivity index (χ3n) is 3.88. The molecule has 2 amide bonds. The molecule has 18 heavy (non-hydrogen) atoms. The van der Waals surface area contributed by atoms with E-state index >= 15 is 0 Å². The minimum Gasteiger partial charge on any atom is -0.481 e. The van der Waals surface area contributed by atoms with Gasteiger partial charge in [-0.05, 0) is 25.7 Å². The van der Waals surface area contributed by atoms with Crippen molar-refractivity contribution in [3.63, 3.8) is 0 Å². The molecular weight excluding hydrogens is 236 g/mol. The third kappa shape index (κ3) is 2.93. The van der Waals surface area contributed by atoms with Gasteiger partial charge in [0.25, 0.3) is 0 Å². The van der Waals surface area contributed by atoms with Crippen molar-refractivity contribution in [1.29, 1.82) is 0 Å². The Kier molecular flexibility index (Phi) is 4.06. The fourth-order valence-electron chi connectivity index (χ4n) is 2.61. The van der Waals surface area contributed by atoms with Crippen molar-refractivity contribution in [2.45, 2.75) is 37.8 Å². The summed E-state index contributed by atoms with van der Waals surface area (Å²) in [7, 11) is 1.76. The molecule has 6 heteroatoms. The van der Waals surface area contributed by atoms with E-state index in [0.717, 1.165) is 12.8 Å². The second-order valence-corrected chi connectivity index (χ2v) is 5.12. The second kappa shape index (κ2) is 5.56. The normalized spacial score (nSPS) is 31.3. The van der Waals surface area contributed by atoms with Crippen molar-refractivity contribution >= 4 is 12.0 Å². The summed E-state index contributed by atoms with van der Waals surface area (Å²) < 4.78 is 5.25. The van der Waals surface area contributed by atoms with E-state index < -0.39 is 5.97 Å². The predicted octanol–water partition coefficient (Wildman–Crippen LogP) is 0.670. The highest BCUT2D eigenvalue weighted by Crippen LogP contribution is 2.25. The number of nitrogens with one attached hydrogen (secondary N) is 1. The fourth-order valence-corrected chi connectivity index (χ4v) is 2.61. The van der Waals surface area contributed by atoms with Crippen molar-refractivity contribution in [3.05, 3.63) is 0 Å². The molecule has 0 aromatic carbocycles. The molecule has 2 fully saturated rings. The molecule has 3 unspecified atom stereocenters. The van der Waals surface area contributed by atoms with Gasteiger partial charge < -0.3 is 20.1 Å². The van der Waals surface area contributed by atoms with Crippen LogP contribution in [0.15, 0.2) is 0 Å². The van der Waals surface area contributed by atoms with Gasteiger partial charge >= 0.3 is 12.0 Å². The van der Waals surface area contributed by atoms with Crippen molar-refractivity contribution in [3.8, 4) is 0 Å². The summed E-state index contributed by atoms with van der Waals surface area (Å²) in [6.45, 7) is 1.29. The molecule has 0 aromatic heterocycles. The fraction of sp³-hybridized carbons (Fsp3) is 0.833. The van der Waals surface area contributed by atoms with Crippen LogP contribution in [0.1, 0.15) is 25.7 Å². The number of hydrogen-bond donors (Lipinski definition) is 2. The van der Waals surface area contributed by atoms with Gasteiger partial charge in [-0.3, -0.25) is 4.79 Å². The number of nitrogens with zero attached hydrogens (tertiary/aromatic N) is 1. The first-order valence-corrected chi connectivity index (χ1v) is 6.42. The highest BCUT2D eigenvalue weighted by molar-refractivity contribution is 5.75. The molecule has 0 radical (unpaired) electrons. The minimum absolute atomic E-state index is 0.0108. The lowest BCUT2D eigenvalue weighted by Gasteiger charge is -2.25. The Morgan fingerprint density at radius 3 is 2.67 bits per heavy atom. The van der Waals surface area contributed by atoms with Crippen LogP contribution < -0.4 is 5.32 Å². The van der Waals surface area contributed by atoms with Gasteiger partial charge in [-0.15, -0.1) is 0 Å². The van der Waals surface area contributed by atoms with Crippen LogP contribution in [0.5, 0.6) is 0 Å². The molecule has 1 heterocycles.